The number of carboxylic acids is 1. The first-order valence-corrected chi connectivity index (χ1v) is 5.14. The Balaban J connectivity index is 1.96. The highest BCUT2D eigenvalue weighted by Gasteiger charge is 2.53. The molecule has 1 fully saturated rings. The molecule has 6 nitrogen and oxygen atoms in total. The highest BCUT2D eigenvalue weighted by atomic mass is 16.5. The van der Waals surface area contributed by atoms with Crippen molar-refractivity contribution in [3.63, 3.8) is 0 Å². The van der Waals surface area contributed by atoms with Crippen LogP contribution in [0.25, 0.3) is 0 Å². The van der Waals surface area contributed by atoms with E-state index in [1.165, 1.54) is 0 Å². The minimum Gasteiger partial charge on any atom is -0.480 e. The van der Waals surface area contributed by atoms with Gasteiger partial charge in [0.2, 0.25) is 5.91 Å². The molecular formula is C11H12N2O4. The molecule has 17 heavy (non-hydrogen) atoms. The van der Waals surface area contributed by atoms with Crippen LogP contribution >= 0.6 is 0 Å². The quantitative estimate of drug-likeness (QED) is 0.707. The van der Waals surface area contributed by atoms with Gasteiger partial charge in [0, 0.05) is 6.20 Å². The number of nitrogens with zero attached hydrogens (tertiary/aromatic N) is 1. The smallest absolute Gasteiger partial charge is 0.324 e. The number of aromatic nitrogens is 1. The van der Waals surface area contributed by atoms with E-state index in [0.717, 1.165) is 0 Å². The average Bonchev–Trinajstić information content (AvgIpc) is 2.25. The summed E-state index contributed by atoms with van der Waals surface area (Å²) in [6.45, 7) is 0.0709. The van der Waals surface area contributed by atoms with E-state index < -0.39 is 17.3 Å². The monoisotopic (exact) mass is 236 g/mol. The second kappa shape index (κ2) is 4.50. The van der Waals surface area contributed by atoms with Crippen LogP contribution in [0.5, 0.6) is 0 Å². The second-order valence-corrected chi connectivity index (χ2v) is 3.88. The van der Waals surface area contributed by atoms with Gasteiger partial charge in [-0.05, 0) is 12.1 Å². The van der Waals surface area contributed by atoms with Gasteiger partial charge in [0.15, 0.2) is 5.41 Å². The van der Waals surface area contributed by atoms with E-state index in [1.807, 2.05) is 0 Å². The number of carboxylic acid groups (broad SMARTS) is 1. The van der Waals surface area contributed by atoms with E-state index in [4.69, 9.17) is 9.84 Å². The Bertz CT molecular complexity index is 428. The second-order valence-electron chi connectivity index (χ2n) is 3.88. The van der Waals surface area contributed by atoms with Gasteiger partial charge in [-0.2, -0.15) is 0 Å². The number of nitrogens with one attached hydrogen (secondary N) is 1. The lowest BCUT2D eigenvalue weighted by Gasteiger charge is -2.35. The third-order valence-corrected chi connectivity index (χ3v) is 2.70. The molecule has 0 atom stereocenters. The van der Waals surface area contributed by atoms with Gasteiger partial charge in [-0.1, -0.05) is 6.07 Å². The van der Waals surface area contributed by atoms with Crippen LogP contribution in [0.4, 0.5) is 0 Å². The summed E-state index contributed by atoms with van der Waals surface area (Å²) in [7, 11) is 0. The van der Waals surface area contributed by atoms with Crippen LogP contribution in [-0.2, 0) is 20.9 Å². The summed E-state index contributed by atoms with van der Waals surface area (Å²) >= 11 is 0. The van der Waals surface area contributed by atoms with E-state index in [9.17, 15) is 9.59 Å². The Kier molecular flexibility index (Phi) is 3.06. The van der Waals surface area contributed by atoms with Crippen molar-refractivity contribution in [3.8, 4) is 0 Å². The van der Waals surface area contributed by atoms with Crippen LogP contribution in [0, 0.1) is 5.41 Å². The van der Waals surface area contributed by atoms with Crippen molar-refractivity contribution in [3.05, 3.63) is 30.1 Å². The highest BCUT2D eigenvalue weighted by molar-refractivity contribution is 6.03. The van der Waals surface area contributed by atoms with E-state index in [1.54, 1.807) is 24.4 Å². The van der Waals surface area contributed by atoms with Crippen molar-refractivity contribution in [2.45, 2.75) is 6.54 Å². The van der Waals surface area contributed by atoms with Gasteiger partial charge in [-0.3, -0.25) is 14.6 Å². The molecule has 0 saturated carbocycles. The SMILES string of the molecule is O=C(O)C1(C(=O)NCc2ccccn2)COC1. The largest absolute Gasteiger partial charge is 0.480 e. The summed E-state index contributed by atoms with van der Waals surface area (Å²) in [5, 5.41) is 11.6. The van der Waals surface area contributed by atoms with Crippen LogP contribution in [0.15, 0.2) is 24.4 Å². The number of hydrogen-bond acceptors (Lipinski definition) is 4. The maximum Gasteiger partial charge on any atom is 0.324 e. The molecular weight excluding hydrogens is 224 g/mol. The van der Waals surface area contributed by atoms with Gasteiger partial charge in [-0.15, -0.1) is 0 Å². The highest BCUT2D eigenvalue weighted by Crippen LogP contribution is 2.28. The zero-order chi connectivity index (χ0) is 12.3. The molecule has 0 radical (unpaired) electrons. The van der Waals surface area contributed by atoms with Gasteiger partial charge in [0.05, 0.1) is 25.5 Å². The summed E-state index contributed by atoms with van der Waals surface area (Å²) in [5.74, 6) is -1.68. The number of aliphatic carboxylic acids is 1. The third-order valence-electron chi connectivity index (χ3n) is 2.70. The Morgan fingerprint density at radius 1 is 1.47 bits per heavy atom. The minimum absolute atomic E-state index is 0.0730. The van der Waals surface area contributed by atoms with Crippen LogP contribution < -0.4 is 5.32 Å². The number of hydrogen-bond donors (Lipinski definition) is 2. The molecule has 1 aromatic heterocycles. The Morgan fingerprint density at radius 3 is 2.71 bits per heavy atom. The number of pyridine rings is 1. The summed E-state index contributed by atoms with van der Waals surface area (Å²) in [6, 6.07) is 5.32. The number of carbonyl (C=O) groups is 2. The summed E-state index contributed by atoms with van der Waals surface area (Å²) in [6.07, 6.45) is 1.61. The number of amides is 1. The maximum atomic E-state index is 11.8. The summed E-state index contributed by atoms with van der Waals surface area (Å²) in [5.41, 5.74) is -0.740. The molecule has 0 bridgehead atoms. The van der Waals surface area contributed by atoms with Crippen LogP contribution in [0.2, 0.25) is 0 Å². The third kappa shape index (κ3) is 2.12. The van der Waals surface area contributed by atoms with Crippen LogP contribution in [0.3, 0.4) is 0 Å². The molecule has 0 spiro atoms. The standard InChI is InChI=1S/C11H12N2O4/c14-9(11(10(15)16)6-17-7-11)13-5-8-3-1-2-4-12-8/h1-4H,5-7H2,(H,13,14)(H,15,16). The van der Waals surface area contributed by atoms with Gasteiger partial charge in [0.25, 0.3) is 0 Å². The molecule has 1 aromatic rings. The molecule has 0 aliphatic carbocycles. The first-order valence-electron chi connectivity index (χ1n) is 5.14. The molecule has 2 rings (SSSR count). The zero-order valence-corrected chi connectivity index (χ0v) is 9.05. The lowest BCUT2D eigenvalue weighted by Crippen LogP contribution is -2.58. The predicted octanol–water partition coefficient (Wildman–Crippen LogP) is -0.201. The Hall–Kier alpha value is -1.95. The van der Waals surface area contributed by atoms with Crippen molar-refractivity contribution >= 4 is 11.9 Å². The lowest BCUT2D eigenvalue weighted by atomic mass is 9.85. The molecule has 2 heterocycles. The average molecular weight is 236 g/mol. The molecule has 2 N–H and O–H groups in total. The topological polar surface area (TPSA) is 88.5 Å². The fraction of sp³-hybridized carbons (Fsp3) is 0.364. The van der Waals surface area contributed by atoms with Crippen molar-refractivity contribution in [2.24, 2.45) is 5.41 Å². The van der Waals surface area contributed by atoms with Gasteiger partial charge in [-0.25, -0.2) is 0 Å². The zero-order valence-electron chi connectivity index (χ0n) is 9.05. The molecule has 0 aromatic carbocycles. The van der Waals surface area contributed by atoms with E-state index in [-0.39, 0.29) is 19.8 Å². The molecule has 1 saturated heterocycles. The van der Waals surface area contributed by atoms with Crippen molar-refractivity contribution in [1.82, 2.24) is 10.3 Å². The van der Waals surface area contributed by atoms with Crippen molar-refractivity contribution < 1.29 is 19.4 Å². The lowest BCUT2D eigenvalue weighted by molar-refractivity contribution is -0.185. The summed E-state index contributed by atoms with van der Waals surface area (Å²) < 4.78 is 4.82. The van der Waals surface area contributed by atoms with Gasteiger partial charge < -0.3 is 15.2 Å². The maximum absolute atomic E-state index is 11.8. The normalized spacial score (nSPS) is 16.9. The van der Waals surface area contributed by atoms with E-state index >= 15 is 0 Å². The Labute approximate surface area is 97.6 Å². The number of rotatable bonds is 4. The molecule has 90 valence electrons. The van der Waals surface area contributed by atoms with E-state index in [2.05, 4.69) is 10.3 Å². The molecule has 1 aliphatic heterocycles. The molecule has 1 amide bonds. The van der Waals surface area contributed by atoms with Gasteiger partial charge >= 0.3 is 5.97 Å². The number of ether oxygens (including phenoxy) is 1. The number of carbonyl (C=O) groups excluding carboxylic acids is 1. The van der Waals surface area contributed by atoms with Crippen molar-refractivity contribution in [1.29, 1.82) is 0 Å². The fourth-order valence-electron chi connectivity index (χ4n) is 1.50. The molecule has 6 heteroatoms. The van der Waals surface area contributed by atoms with Crippen molar-refractivity contribution in [2.75, 3.05) is 13.2 Å². The predicted molar refractivity (Wildman–Crippen MR) is 57.0 cm³/mol. The fourth-order valence-corrected chi connectivity index (χ4v) is 1.50. The first-order chi connectivity index (χ1) is 8.15. The van der Waals surface area contributed by atoms with E-state index in [0.29, 0.717) is 5.69 Å². The molecule has 0 unspecified atom stereocenters. The Morgan fingerprint density at radius 2 is 2.24 bits per heavy atom. The first kappa shape index (κ1) is 11.5. The van der Waals surface area contributed by atoms with Crippen LogP contribution in [-0.4, -0.2) is 35.2 Å². The minimum atomic E-state index is -1.42. The van der Waals surface area contributed by atoms with Crippen LogP contribution in [0.1, 0.15) is 5.69 Å². The van der Waals surface area contributed by atoms with Gasteiger partial charge in [0.1, 0.15) is 0 Å². The summed E-state index contributed by atoms with van der Waals surface area (Å²) in [4.78, 5) is 26.8. The molecule has 1 aliphatic rings.